The maximum atomic E-state index is 13.7. The molecule has 1 unspecified atom stereocenters. The van der Waals surface area contributed by atoms with Gasteiger partial charge in [-0.2, -0.15) is 0 Å². The fourth-order valence-electron chi connectivity index (χ4n) is 4.76. The van der Waals surface area contributed by atoms with E-state index in [2.05, 4.69) is 16.0 Å². The second-order valence-electron chi connectivity index (χ2n) is 10.5. The predicted molar refractivity (Wildman–Crippen MR) is 192 cm³/mol. The minimum absolute atomic E-state index is 0.0273. The number of rotatable bonds is 12. The third-order valence-corrected chi connectivity index (χ3v) is 8.71. The number of benzene rings is 5. The Bertz CT molecular complexity index is 1980. The van der Waals surface area contributed by atoms with Crippen molar-refractivity contribution in [1.82, 2.24) is 5.32 Å². The van der Waals surface area contributed by atoms with Gasteiger partial charge < -0.3 is 25.4 Å². The van der Waals surface area contributed by atoms with Crippen LogP contribution >= 0.6 is 23.4 Å². The molecule has 0 aromatic heterocycles. The number of hydrogen-bond acceptors (Lipinski definition) is 6. The Hall–Kier alpha value is -5.58. The molecule has 5 aromatic rings. The molecule has 0 aliphatic heterocycles. The molecule has 8 nitrogen and oxygen atoms in total. The van der Waals surface area contributed by atoms with Crippen molar-refractivity contribution < 1.29 is 28.2 Å². The summed E-state index contributed by atoms with van der Waals surface area (Å²) in [5.74, 6) is -1.10. The molecule has 11 heteroatoms. The molecular formula is C38H31ClFN3O5S. The number of anilines is 2. The lowest BCUT2D eigenvalue weighted by Crippen LogP contribution is -2.30. The smallest absolute Gasteiger partial charge is 0.272 e. The number of amides is 3. The molecular weight excluding hydrogens is 665 g/mol. The van der Waals surface area contributed by atoms with Gasteiger partial charge in [0, 0.05) is 27.4 Å². The molecule has 0 radical (unpaired) electrons. The number of carbonyl (C=O) groups is 3. The van der Waals surface area contributed by atoms with E-state index in [9.17, 15) is 18.8 Å². The third-order valence-electron chi connectivity index (χ3n) is 7.16. The number of hydrogen-bond donors (Lipinski definition) is 3. The normalized spacial score (nSPS) is 11.6. The van der Waals surface area contributed by atoms with Gasteiger partial charge in [-0.3, -0.25) is 14.4 Å². The van der Waals surface area contributed by atoms with Crippen molar-refractivity contribution >= 4 is 58.5 Å². The van der Waals surface area contributed by atoms with Gasteiger partial charge in [0.2, 0.25) is 5.91 Å². The highest BCUT2D eigenvalue weighted by Gasteiger charge is 2.23. The Morgan fingerprint density at radius 1 is 0.776 bits per heavy atom. The number of methoxy groups -OCH3 is 2. The second-order valence-corrected chi connectivity index (χ2v) is 12.1. The quantitative estimate of drug-likeness (QED) is 0.0895. The van der Waals surface area contributed by atoms with E-state index >= 15 is 0 Å². The van der Waals surface area contributed by atoms with Gasteiger partial charge in [0.15, 0.2) is 11.5 Å². The van der Waals surface area contributed by atoms with Crippen LogP contribution in [0.3, 0.4) is 0 Å². The summed E-state index contributed by atoms with van der Waals surface area (Å²) in [5, 5.41) is 7.62. The first-order valence-corrected chi connectivity index (χ1v) is 16.2. The summed E-state index contributed by atoms with van der Waals surface area (Å²) in [7, 11) is 3.00. The molecule has 1 atom stereocenters. The van der Waals surface area contributed by atoms with E-state index in [4.69, 9.17) is 21.1 Å². The predicted octanol–water partition coefficient (Wildman–Crippen LogP) is 8.38. The van der Waals surface area contributed by atoms with Crippen molar-refractivity contribution in [1.29, 1.82) is 0 Å². The number of halogens is 2. The van der Waals surface area contributed by atoms with Crippen LogP contribution in [0.1, 0.15) is 26.7 Å². The van der Waals surface area contributed by atoms with E-state index < -0.39 is 22.9 Å². The molecule has 0 spiro atoms. The standard InChI is InChI=1S/C38H31ClFN3O5S/c1-47-33-15-9-14-26(34(33)48-2)22-32(43-36(44)25-12-7-4-8-13-25)37(45)41-27-16-19-29(20-17-27)49-35(24-10-5-3-6-11-24)38(46)42-28-18-21-31(40)30(39)23-28/h3-23,35H,1-2H3,(H,41,45)(H,42,46)(H,43,44)/b32-22-. The molecule has 0 bridgehead atoms. The van der Waals surface area contributed by atoms with E-state index in [1.165, 1.54) is 50.3 Å². The topological polar surface area (TPSA) is 106 Å². The van der Waals surface area contributed by atoms with Gasteiger partial charge in [0.25, 0.3) is 11.8 Å². The Morgan fingerprint density at radius 2 is 1.45 bits per heavy atom. The van der Waals surface area contributed by atoms with Crippen molar-refractivity contribution in [3.05, 3.63) is 155 Å². The lowest BCUT2D eigenvalue weighted by molar-refractivity contribution is -0.116. The van der Waals surface area contributed by atoms with Gasteiger partial charge in [-0.25, -0.2) is 4.39 Å². The molecule has 0 saturated carbocycles. The van der Waals surface area contributed by atoms with Gasteiger partial charge >= 0.3 is 0 Å². The van der Waals surface area contributed by atoms with Gasteiger partial charge in [-0.05, 0) is 72.3 Å². The van der Waals surface area contributed by atoms with Gasteiger partial charge in [0.1, 0.15) is 16.8 Å². The lowest BCUT2D eigenvalue weighted by atomic mass is 10.1. The summed E-state index contributed by atoms with van der Waals surface area (Å²) in [6.45, 7) is 0. The van der Waals surface area contributed by atoms with E-state index in [1.807, 2.05) is 30.3 Å². The van der Waals surface area contributed by atoms with Crippen LogP contribution in [0.15, 0.2) is 132 Å². The molecule has 3 amide bonds. The summed E-state index contributed by atoms with van der Waals surface area (Å²) in [6, 6.07) is 33.9. The van der Waals surface area contributed by atoms with Crippen LogP contribution in [0.4, 0.5) is 15.8 Å². The first-order chi connectivity index (χ1) is 23.7. The Morgan fingerprint density at radius 3 is 2.10 bits per heavy atom. The van der Waals surface area contributed by atoms with Crippen LogP contribution in [0, 0.1) is 5.82 Å². The molecule has 248 valence electrons. The van der Waals surface area contributed by atoms with Crippen molar-refractivity contribution in [2.45, 2.75) is 10.1 Å². The molecule has 3 N–H and O–H groups in total. The zero-order chi connectivity index (χ0) is 34.8. The van der Waals surface area contributed by atoms with Crippen LogP contribution in [0.2, 0.25) is 5.02 Å². The van der Waals surface area contributed by atoms with Crippen molar-refractivity contribution in [2.24, 2.45) is 0 Å². The summed E-state index contributed by atoms with van der Waals surface area (Å²) in [4.78, 5) is 40.9. The first kappa shape index (κ1) is 34.7. The van der Waals surface area contributed by atoms with Crippen LogP contribution in [0.5, 0.6) is 11.5 Å². The lowest BCUT2D eigenvalue weighted by Gasteiger charge is -2.18. The Balaban J connectivity index is 1.36. The highest BCUT2D eigenvalue weighted by molar-refractivity contribution is 8.00. The van der Waals surface area contributed by atoms with Crippen LogP contribution in [0.25, 0.3) is 6.08 Å². The highest BCUT2D eigenvalue weighted by Crippen LogP contribution is 2.37. The third kappa shape index (κ3) is 9.07. The molecule has 0 aliphatic rings. The molecule has 5 aromatic carbocycles. The molecule has 5 rings (SSSR count). The molecule has 0 fully saturated rings. The maximum absolute atomic E-state index is 13.7. The van der Waals surface area contributed by atoms with Crippen molar-refractivity contribution in [3.8, 4) is 11.5 Å². The van der Waals surface area contributed by atoms with Gasteiger partial charge in [0.05, 0.1) is 19.2 Å². The molecule has 0 heterocycles. The Labute approximate surface area is 292 Å². The summed E-state index contributed by atoms with van der Waals surface area (Å²) < 4.78 is 24.6. The van der Waals surface area contributed by atoms with E-state index in [0.29, 0.717) is 34.0 Å². The molecule has 0 aliphatic carbocycles. The van der Waals surface area contributed by atoms with E-state index in [0.717, 1.165) is 10.5 Å². The average molecular weight is 696 g/mol. The fourth-order valence-corrected chi connectivity index (χ4v) is 5.96. The van der Waals surface area contributed by atoms with Crippen LogP contribution < -0.4 is 25.4 Å². The minimum Gasteiger partial charge on any atom is -0.493 e. The summed E-state index contributed by atoms with van der Waals surface area (Å²) in [5.41, 5.74) is 2.44. The number of ether oxygens (including phenoxy) is 2. The van der Waals surface area contributed by atoms with Crippen molar-refractivity contribution in [3.63, 3.8) is 0 Å². The average Bonchev–Trinajstić information content (AvgIpc) is 3.13. The monoisotopic (exact) mass is 695 g/mol. The number of para-hydroxylation sites is 1. The molecule has 0 saturated heterocycles. The fraction of sp³-hybridized carbons (Fsp3) is 0.0789. The SMILES string of the molecule is COc1cccc(/C=C(\NC(=O)c2ccccc2)C(=O)Nc2ccc(SC(C(=O)Nc3ccc(F)c(Cl)c3)c3ccccc3)cc2)c1OC. The summed E-state index contributed by atoms with van der Waals surface area (Å²) >= 11 is 7.22. The van der Waals surface area contributed by atoms with E-state index in [-0.39, 0.29) is 16.6 Å². The largest absolute Gasteiger partial charge is 0.493 e. The number of carbonyl (C=O) groups excluding carboxylic acids is 3. The zero-order valence-corrected chi connectivity index (χ0v) is 28.0. The first-order valence-electron chi connectivity index (χ1n) is 14.9. The Kier molecular flexibility index (Phi) is 11.7. The summed E-state index contributed by atoms with van der Waals surface area (Å²) in [6.07, 6.45) is 1.51. The zero-order valence-electron chi connectivity index (χ0n) is 26.4. The van der Waals surface area contributed by atoms with Gasteiger partial charge in [-0.1, -0.05) is 72.3 Å². The maximum Gasteiger partial charge on any atom is 0.272 e. The number of nitrogens with one attached hydrogen (secondary N) is 3. The number of thioether (sulfide) groups is 1. The highest BCUT2D eigenvalue weighted by atomic mass is 35.5. The van der Waals surface area contributed by atoms with E-state index in [1.54, 1.807) is 72.8 Å². The van der Waals surface area contributed by atoms with Crippen LogP contribution in [-0.4, -0.2) is 31.9 Å². The minimum atomic E-state index is -0.661. The van der Waals surface area contributed by atoms with Crippen molar-refractivity contribution in [2.75, 3.05) is 24.9 Å². The molecule has 49 heavy (non-hydrogen) atoms. The van der Waals surface area contributed by atoms with Crippen LogP contribution in [-0.2, 0) is 9.59 Å². The van der Waals surface area contributed by atoms with Gasteiger partial charge in [-0.15, -0.1) is 11.8 Å². The second kappa shape index (κ2) is 16.5.